The van der Waals surface area contributed by atoms with Crippen LogP contribution in [0.1, 0.15) is 30.9 Å². The van der Waals surface area contributed by atoms with Gasteiger partial charge >= 0.3 is 5.97 Å². The van der Waals surface area contributed by atoms with Crippen molar-refractivity contribution in [1.82, 2.24) is 5.32 Å². The van der Waals surface area contributed by atoms with Gasteiger partial charge in [0, 0.05) is 13.0 Å². The standard InChI is InChI=1S/C20H23NO5/c22-18(9-11-25-13-17-6-3-10-26-17)21-19(20(23)24)16-8-7-14-4-1-2-5-15(14)12-16/h1-2,4-5,7-8,12,17,19H,3,6,9-11,13H2,(H,21,22)(H,23,24). The first-order valence-electron chi connectivity index (χ1n) is 8.84. The van der Waals surface area contributed by atoms with E-state index in [2.05, 4.69) is 5.32 Å². The molecule has 1 amide bonds. The molecule has 0 bridgehead atoms. The van der Waals surface area contributed by atoms with Gasteiger partial charge in [-0.25, -0.2) is 4.79 Å². The molecule has 2 atom stereocenters. The van der Waals surface area contributed by atoms with E-state index >= 15 is 0 Å². The summed E-state index contributed by atoms with van der Waals surface area (Å²) in [4.78, 5) is 23.7. The third-order valence-electron chi connectivity index (χ3n) is 4.46. The molecule has 1 saturated heterocycles. The number of carboxylic acids is 1. The van der Waals surface area contributed by atoms with Crippen LogP contribution in [0.3, 0.4) is 0 Å². The van der Waals surface area contributed by atoms with E-state index in [9.17, 15) is 14.7 Å². The first kappa shape index (κ1) is 18.4. The number of fused-ring (bicyclic) bond motifs is 1. The van der Waals surface area contributed by atoms with Crippen LogP contribution in [0.25, 0.3) is 10.8 Å². The number of carbonyl (C=O) groups excluding carboxylic acids is 1. The molecule has 0 saturated carbocycles. The molecule has 2 N–H and O–H groups in total. The molecule has 0 spiro atoms. The van der Waals surface area contributed by atoms with E-state index in [0.29, 0.717) is 12.2 Å². The van der Waals surface area contributed by atoms with Crippen molar-refractivity contribution in [3.8, 4) is 0 Å². The average molecular weight is 357 g/mol. The molecular weight excluding hydrogens is 334 g/mol. The fourth-order valence-electron chi connectivity index (χ4n) is 3.06. The van der Waals surface area contributed by atoms with Gasteiger partial charge in [0.15, 0.2) is 6.04 Å². The third kappa shape index (κ3) is 4.80. The zero-order valence-electron chi connectivity index (χ0n) is 14.5. The summed E-state index contributed by atoms with van der Waals surface area (Å²) in [6.07, 6.45) is 2.25. The Bertz CT molecular complexity index is 770. The minimum atomic E-state index is -1.09. The van der Waals surface area contributed by atoms with Crippen molar-refractivity contribution in [2.24, 2.45) is 0 Å². The summed E-state index contributed by atoms with van der Waals surface area (Å²) in [5.41, 5.74) is 0.546. The number of carbonyl (C=O) groups is 2. The summed E-state index contributed by atoms with van der Waals surface area (Å²) in [7, 11) is 0. The lowest BCUT2D eigenvalue weighted by molar-refractivity contribution is -0.142. The Morgan fingerprint density at radius 1 is 1.23 bits per heavy atom. The Kier molecular flexibility index (Phi) is 6.20. The van der Waals surface area contributed by atoms with E-state index in [4.69, 9.17) is 9.47 Å². The number of carboxylic acid groups (broad SMARTS) is 1. The van der Waals surface area contributed by atoms with Crippen LogP contribution in [0.2, 0.25) is 0 Å². The predicted molar refractivity (Wildman–Crippen MR) is 96.9 cm³/mol. The summed E-state index contributed by atoms with van der Waals surface area (Å²) in [5, 5.41) is 14.0. The van der Waals surface area contributed by atoms with Crippen molar-refractivity contribution in [3.05, 3.63) is 48.0 Å². The van der Waals surface area contributed by atoms with Crippen LogP contribution in [-0.4, -0.2) is 42.9 Å². The zero-order chi connectivity index (χ0) is 18.4. The van der Waals surface area contributed by atoms with Crippen LogP contribution >= 0.6 is 0 Å². The normalized spacial score (nSPS) is 17.9. The van der Waals surface area contributed by atoms with E-state index in [1.807, 2.05) is 30.3 Å². The number of rotatable bonds is 8. The van der Waals surface area contributed by atoms with Crippen molar-refractivity contribution in [3.63, 3.8) is 0 Å². The second-order valence-electron chi connectivity index (χ2n) is 6.41. The molecule has 26 heavy (non-hydrogen) atoms. The molecule has 1 fully saturated rings. The van der Waals surface area contributed by atoms with Crippen LogP contribution in [0, 0.1) is 0 Å². The Balaban J connectivity index is 1.55. The van der Waals surface area contributed by atoms with E-state index in [-0.39, 0.29) is 25.0 Å². The van der Waals surface area contributed by atoms with E-state index in [0.717, 1.165) is 30.2 Å². The predicted octanol–water partition coefficient (Wildman–Crippen LogP) is 2.67. The first-order chi connectivity index (χ1) is 12.6. The van der Waals surface area contributed by atoms with Crippen molar-refractivity contribution >= 4 is 22.6 Å². The molecule has 1 aliphatic heterocycles. The maximum atomic E-state index is 12.1. The van der Waals surface area contributed by atoms with Crippen molar-refractivity contribution in [2.75, 3.05) is 19.8 Å². The number of benzene rings is 2. The lowest BCUT2D eigenvalue weighted by Gasteiger charge is -2.16. The van der Waals surface area contributed by atoms with Crippen molar-refractivity contribution in [2.45, 2.75) is 31.4 Å². The van der Waals surface area contributed by atoms with E-state index in [1.165, 1.54) is 0 Å². The molecule has 0 aliphatic carbocycles. The van der Waals surface area contributed by atoms with Gasteiger partial charge in [0.2, 0.25) is 5.91 Å². The maximum absolute atomic E-state index is 12.1. The minimum Gasteiger partial charge on any atom is -0.479 e. The molecule has 2 aromatic rings. The molecule has 2 aromatic carbocycles. The highest BCUT2D eigenvalue weighted by atomic mass is 16.5. The number of nitrogens with one attached hydrogen (secondary N) is 1. The molecule has 3 rings (SSSR count). The summed E-state index contributed by atoms with van der Waals surface area (Å²) < 4.78 is 10.9. The third-order valence-corrected chi connectivity index (χ3v) is 4.46. The molecule has 0 aromatic heterocycles. The monoisotopic (exact) mass is 357 g/mol. The fraction of sp³-hybridized carbons (Fsp3) is 0.400. The maximum Gasteiger partial charge on any atom is 0.330 e. The van der Waals surface area contributed by atoms with Crippen molar-refractivity contribution < 1.29 is 24.2 Å². The van der Waals surface area contributed by atoms with Crippen LogP contribution in [0.4, 0.5) is 0 Å². The van der Waals surface area contributed by atoms with E-state index < -0.39 is 12.0 Å². The van der Waals surface area contributed by atoms with Crippen molar-refractivity contribution in [1.29, 1.82) is 0 Å². The van der Waals surface area contributed by atoms with Gasteiger partial charge in [-0.15, -0.1) is 0 Å². The minimum absolute atomic E-state index is 0.113. The molecule has 0 radical (unpaired) electrons. The molecule has 1 aliphatic rings. The first-order valence-corrected chi connectivity index (χ1v) is 8.84. The highest BCUT2D eigenvalue weighted by molar-refractivity contribution is 5.88. The SMILES string of the molecule is O=C(CCOCC1CCCO1)NC(C(=O)O)c1ccc2ccccc2c1. The van der Waals surface area contributed by atoms with Crippen LogP contribution in [0.5, 0.6) is 0 Å². The van der Waals surface area contributed by atoms with Crippen LogP contribution in [0.15, 0.2) is 42.5 Å². The molecule has 138 valence electrons. The molecule has 2 unspecified atom stereocenters. The Morgan fingerprint density at radius 3 is 2.77 bits per heavy atom. The van der Waals surface area contributed by atoms with Gasteiger partial charge in [-0.3, -0.25) is 4.79 Å². The number of hydrogen-bond acceptors (Lipinski definition) is 4. The molecule has 1 heterocycles. The number of ether oxygens (including phenoxy) is 2. The number of amides is 1. The van der Waals surface area contributed by atoms with Gasteiger partial charge < -0.3 is 19.9 Å². The fourth-order valence-corrected chi connectivity index (χ4v) is 3.06. The van der Waals surface area contributed by atoms with Gasteiger partial charge in [-0.2, -0.15) is 0 Å². The zero-order valence-corrected chi connectivity index (χ0v) is 14.5. The summed E-state index contributed by atoms with van der Waals surface area (Å²) in [5.74, 6) is -1.44. The largest absolute Gasteiger partial charge is 0.479 e. The van der Waals surface area contributed by atoms with Crippen LogP contribution in [-0.2, 0) is 19.1 Å². The van der Waals surface area contributed by atoms with Gasteiger partial charge in [-0.05, 0) is 35.2 Å². The second-order valence-corrected chi connectivity index (χ2v) is 6.41. The summed E-state index contributed by atoms with van der Waals surface area (Å²) in [6, 6.07) is 12.0. The smallest absolute Gasteiger partial charge is 0.330 e. The number of hydrogen-bond donors (Lipinski definition) is 2. The van der Waals surface area contributed by atoms with Gasteiger partial charge in [0.1, 0.15) is 0 Å². The Labute approximate surface area is 152 Å². The molecular formula is C20H23NO5. The summed E-state index contributed by atoms with van der Waals surface area (Å²) in [6.45, 7) is 1.48. The Hall–Kier alpha value is -2.44. The number of aliphatic carboxylic acids is 1. The molecule has 6 heteroatoms. The van der Waals surface area contributed by atoms with Gasteiger partial charge in [-0.1, -0.05) is 36.4 Å². The van der Waals surface area contributed by atoms with E-state index in [1.54, 1.807) is 12.1 Å². The lowest BCUT2D eigenvalue weighted by Crippen LogP contribution is -2.34. The Morgan fingerprint density at radius 2 is 2.04 bits per heavy atom. The molecule has 6 nitrogen and oxygen atoms in total. The van der Waals surface area contributed by atoms with Crippen LogP contribution < -0.4 is 5.32 Å². The summed E-state index contributed by atoms with van der Waals surface area (Å²) >= 11 is 0. The topological polar surface area (TPSA) is 84.9 Å². The average Bonchev–Trinajstić information content (AvgIpc) is 3.16. The van der Waals surface area contributed by atoms with Gasteiger partial charge in [0.25, 0.3) is 0 Å². The highest BCUT2D eigenvalue weighted by Gasteiger charge is 2.22. The second kappa shape index (κ2) is 8.78. The highest BCUT2D eigenvalue weighted by Crippen LogP contribution is 2.21. The quantitative estimate of drug-likeness (QED) is 0.710. The lowest BCUT2D eigenvalue weighted by atomic mass is 10.0. The van der Waals surface area contributed by atoms with Gasteiger partial charge in [0.05, 0.1) is 19.3 Å².